The van der Waals surface area contributed by atoms with Crippen molar-refractivity contribution in [2.45, 2.75) is 20.3 Å². The number of hydrogen-bond acceptors (Lipinski definition) is 4. The second-order valence-corrected chi connectivity index (χ2v) is 5.34. The Morgan fingerprint density at radius 2 is 2.13 bits per heavy atom. The largest absolute Gasteiger partial charge is 0.338 e. The first kappa shape index (κ1) is 15.0. The van der Waals surface area contributed by atoms with Gasteiger partial charge in [-0.1, -0.05) is 0 Å². The van der Waals surface area contributed by atoms with Crippen LogP contribution in [0.15, 0.2) is 37.1 Å². The summed E-state index contributed by atoms with van der Waals surface area (Å²) in [4.78, 5) is 20.4. The first-order valence-corrected chi connectivity index (χ1v) is 7.38. The molecule has 0 fully saturated rings. The zero-order valence-corrected chi connectivity index (χ0v) is 13.1. The molecule has 0 spiro atoms. The SMILES string of the molecule is Cc1cnccc1CCNC(=O)Nc1c(C)ccn2ncnc12. The minimum Gasteiger partial charge on any atom is -0.338 e. The van der Waals surface area contributed by atoms with E-state index in [9.17, 15) is 4.79 Å². The van der Waals surface area contributed by atoms with Crippen molar-refractivity contribution < 1.29 is 4.79 Å². The van der Waals surface area contributed by atoms with E-state index in [0.717, 1.165) is 17.5 Å². The van der Waals surface area contributed by atoms with Crippen LogP contribution in [-0.2, 0) is 6.42 Å². The van der Waals surface area contributed by atoms with Gasteiger partial charge >= 0.3 is 6.03 Å². The Morgan fingerprint density at radius 1 is 1.26 bits per heavy atom. The molecule has 7 heteroatoms. The van der Waals surface area contributed by atoms with Crippen molar-refractivity contribution in [3.63, 3.8) is 0 Å². The van der Waals surface area contributed by atoms with Gasteiger partial charge in [0, 0.05) is 25.1 Å². The van der Waals surface area contributed by atoms with Crippen LogP contribution in [0.4, 0.5) is 10.5 Å². The third kappa shape index (κ3) is 3.28. The monoisotopic (exact) mass is 310 g/mol. The van der Waals surface area contributed by atoms with Gasteiger partial charge in [0.05, 0.1) is 5.69 Å². The van der Waals surface area contributed by atoms with Crippen LogP contribution in [0.3, 0.4) is 0 Å². The molecule has 0 saturated heterocycles. The summed E-state index contributed by atoms with van der Waals surface area (Å²) in [7, 11) is 0. The maximum Gasteiger partial charge on any atom is 0.319 e. The van der Waals surface area contributed by atoms with Crippen LogP contribution in [0.1, 0.15) is 16.7 Å². The Labute approximate surface area is 133 Å². The van der Waals surface area contributed by atoms with Crippen molar-refractivity contribution in [2.75, 3.05) is 11.9 Å². The van der Waals surface area contributed by atoms with E-state index in [-0.39, 0.29) is 6.03 Å². The number of carbonyl (C=O) groups is 1. The summed E-state index contributed by atoms with van der Waals surface area (Å²) >= 11 is 0. The predicted octanol–water partition coefficient (Wildman–Crippen LogP) is 2.11. The summed E-state index contributed by atoms with van der Waals surface area (Å²) in [5, 5.41) is 9.78. The molecule has 118 valence electrons. The number of pyridine rings is 2. The Morgan fingerprint density at radius 3 is 2.96 bits per heavy atom. The summed E-state index contributed by atoms with van der Waals surface area (Å²) in [5.41, 5.74) is 4.54. The Balaban J connectivity index is 1.62. The molecular weight excluding hydrogens is 292 g/mol. The number of aryl methyl sites for hydroxylation is 2. The molecule has 23 heavy (non-hydrogen) atoms. The number of anilines is 1. The average molecular weight is 310 g/mol. The van der Waals surface area contributed by atoms with Gasteiger partial charge in [-0.25, -0.2) is 14.3 Å². The lowest BCUT2D eigenvalue weighted by Crippen LogP contribution is -2.31. The van der Waals surface area contributed by atoms with Gasteiger partial charge in [0.1, 0.15) is 6.33 Å². The van der Waals surface area contributed by atoms with Crippen molar-refractivity contribution in [3.05, 3.63) is 53.7 Å². The average Bonchev–Trinajstić information content (AvgIpc) is 3.01. The van der Waals surface area contributed by atoms with Crippen LogP contribution in [-0.4, -0.2) is 32.2 Å². The van der Waals surface area contributed by atoms with E-state index in [4.69, 9.17) is 0 Å². The summed E-state index contributed by atoms with van der Waals surface area (Å²) in [5.74, 6) is 0. The number of nitrogens with zero attached hydrogens (tertiary/aromatic N) is 4. The highest BCUT2D eigenvalue weighted by Gasteiger charge is 2.10. The number of aromatic nitrogens is 4. The highest BCUT2D eigenvalue weighted by Crippen LogP contribution is 2.19. The van der Waals surface area contributed by atoms with Gasteiger partial charge in [-0.15, -0.1) is 0 Å². The number of amides is 2. The van der Waals surface area contributed by atoms with Gasteiger partial charge in [-0.2, -0.15) is 5.10 Å². The lowest BCUT2D eigenvalue weighted by molar-refractivity contribution is 0.252. The third-order valence-corrected chi connectivity index (χ3v) is 3.71. The lowest BCUT2D eigenvalue weighted by atomic mass is 10.1. The molecule has 3 rings (SSSR count). The van der Waals surface area contributed by atoms with E-state index >= 15 is 0 Å². The van der Waals surface area contributed by atoms with E-state index in [0.29, 0.717) is 17.9 Å². The Bertz CT molecular complexity index is 841. The minimum atomic E-state index is -0.254. The van der Waals surface area contributed by atoms with E-state index in [1.54, 1.807) is 10.7 Å². The van der Waals surface area contributed by atoms with Gasteiger partial charge in [-0.3, -0.25) is 4.98 Å². The second kappa shape index (κ2) is 6.43. The number of rotatable bonds is 4. The quantitative estimate of drug-likeness (QED) is 0.773. The molecule has 0 aliphatic rings. The van der Waals surface area contributed by atoms with E-state index < -0.39 is 0 Å². The van der Waals surface area contributed by atoms with Crippen LogP contribution in [0, 0.1) is 13.8 Å². The van der Waals surface area contributed by atoms with Crippen LogP contribution in [0.2, 0.25) is 0 Å². The van der Waals surface area contributed by atoms with Crippen LogP contribution >= 0.6 is 0 Å². The molecule has 0 saturated carbocycles. The summed E-state index contributed by atoms with van der Waals surface area (Å²) in [6.45, 7) is 4.48. The maximum absolute atomic E-state index is 12.1. The molecule has 2 amide bonds. The number of fused-ring (bicyclic) bond motifs is 1. The number of urea groups is 1. The smallest absolute Gasteiger partial charge is 0.319 e. The van der Waals surface area contributed by atoms with Crippen LogP contribution in [0.25, 0.3) is 5.65 Å². The standard InChI is InChI=1S/C16H18N6O/c1-11-5-8-22-15(19-10-20-22)14(11)21-16(23)18-7-4-13-3-6-17-9-12(13)2/h3,5-6,8-10H,4,7H2,1-2H3,(H2,18,21,23). The second-order valence-electron chi connectivity index (χ2n) is 5.34. The van der Waals surface area contributed by atoms with Gasteiger partial charge in [0.2, 0.25) is 0 Å². The van der Waals surface area contributed by atoms with Gasteiger partial charge in [-0.05, 0) is 49.1 Å². The van der Waals surface area contributed by atoms with Crippen molar-refractivity contribution in [1.82, 2.24) is 24.9 Å². The summed E-state index contributed by atoms with van der Waals surface area (Å²) in [6, 6.07) is 3.60. The Hall–Kier alpha value is -2.96. The van der Waals surface area contributed by atoms with Gasteiger partial charge in [0.15, 0.2) is 5.65 Å². The molecule has 0 aliphatic heterocycles. The molecule has 0 aliphatic carbocycles. The van der Waals surface area contributed by atoms with Crippen molar-refractivity contribution >= 4 is 17.4 Å². The third-order valence-electron chi connectivity index (χ3n) is 3.71. The molecule has 0 bridgehead atoms. The van der Waals surface area contributed by atoms with E-state index in [2.05, 4.69) is 25.7 Å². The zero-order valence-electron chi connectivity index (χ0n) is 13.1. The van der Waals surface area contributed by atoms with Gasteiger partial charge in [0.25, 0.3) is 0 Å². The zero-order chi connectivity index (χ0) is 16.2. The molecule has 2 N–H and O–H groups in total. The minimum absolute atomic E-state index is 0.254. The molecule has 3 aromatic rings. The predicted molar refractivity (Wildman–Crippen MR) is 87.4 cm³/mol. The fourth-order valence-corrected chi connectivity index (χ4v) is 2.39. The van der Waals surface area contributed by atoms with E-state index in [1.165, 1.54) is 11.9 Å². The molecule has 7 nitrogen and oxygen atoms in total. The van der Waals surface area contributed by atoms with Gasteiger partial charge < -0.3 is 10.6 Å². The first-order chi connectivity index (χ1) is 11.1. The van der Waals surface area contributed by atoms with E-state index in [1.807, 2.05) is 38.4 Å². The molecular formula is C16H18N6O. The fourth-order valence-electron chi connectivity index (χ4n) is 2.39. The molecule has 3 heterocycles. The summed E-state index contributed by atoms with van der Waals surface area (Å²) < 4.78 is 1.63. The Kier molecular flexibility index (Phi) is 4.18. The number of nitrogens with one attached hydrogen (secondary N) is 2. The fraction of sp³-hybridized carbons (Fsp3) is 0.250. The highest BCUT2D eigenvalue weighted by molar-refractivity contribution is 5.94. The molecule has 0 unspecified atom stereocenters. The molecule has 0 radical (unpaired) electrons. The highest BCUT2D eigenvalue weighted by atomic mass is 16.2. The van der Waals surface area contributed by atoms with Crippen molar-refractivity contribution in [2.24, 2.45) is 0 Å². The molecule has 3 aromatic heterocycles. The van der Waals surface area contributed by atoms with Crippen LogP contribution in [0.5, 0.6) is 0 Å². The maximum atomic E-state index is 12.1. The molecule has 0 aromatic carbocycles. The van der Waals surface area contributed by atoms with Crippen molar-refractivity contribution in [3.8, 4) is 0 Å². The molecule has 0 atom stereocenters. The van der Waals surface area contributed by atoms with Crippen LogP contribution < -0.4 is 10.6 Å². The normalized spacial score (nSPS) is 10.7. The lowest BCUT2D eigenvalue weighted by Gasteiger charge is -2.11. The van der Waals surface area contributed by atoms with Crippen molar-refractivity contribution in [1.29, 1.82) is 0 Å². The topological polar surface area (TPSA) is 84.2 Å². The number of carbonyl (C=O) groups excluding carboxylic acids is 1. The summed E-state index contributed by atoms with van der Waals surface area (Å²) in [6.07, 6.45) is 7.62. The number of hydrogen-bond donors (Lipinski definition) is 2. The first-order valence-electron chi connectivity index (χ1n) is 7.38.